The van der Waals surface area contributed by atoms with Crippen LogP contribution in [0.15, 0.2) is 0 Å². The van der Waals surface area contributed by atoms with Gasteiger partial charge < -0.3 is 10.2 Å². The number of amides is 2. The van der Waals surface area contributed by atoms with Crippen molar-refractivity contribution in [2.75, 3.05) is 11.9 Å². The molecule has 0 saturated carbocycles. The number of hydrogen-bond donors (Lipinski definition) is 1. The topological polar surface area (TPSA) is 79.4 Å². The van der Waals surface area contributed by atoms with Gasteiger partial charge in [0.2, 0.25) is 11.8 Å². The van der Waals surface area contributed by atoms with E-state index in [0.717, 1.165) is 12.1 Å². The average molecular weight is 349 g/mol. The monoisotopic (exact) mass is 349 g/mol. The van der Waals surface area contributed by atoms with Gasteiger partial charge in [-0.25, -0.2) is 4.98 Å². The molecule has 0 aromatic carbocycles. The summed E-state index contributed by atoms with van der Waals surface area (Å²) in [4.78, 5) is 43.4. The van der Waals surface area contributed by atoms with E-state index in [-0.39, 0.29) is 41.4 Å². The predicted molar refractivity (Wildman–Crippen MR) is 92.1 cm³/mol. The third-order valence-electron chi connectivity index (χ3n) is 4.62. The molecule has 2 heterocycles. The van der Waals surface area contributed by atoms with Gasteiger partial charge in [-0.15, -0.1) is 0 Å². The quantitative estimate of drug-likeness (QED) is 0.909. The Morgan fingerprint density at radius 1 is 1.33 bits per heavy atom. The van der Waals surface area contributed by atoms with Crippen molar-refractivity contribution in [1.82, 2.24) is 9.88 Å². The molecule has 1 fully saturated rings. The number of nitrogens with one attached hydrogen (secondary N) is 1. The average Bonchev–Trinajstić information content (AvgIpc) is 3.01. The summed E-state index contributed by atoms with van der Waals surface area (Å²) in [6.45, 7) is 8.44. The molecule has 1 aromatic heterocycles. The summed E-state index contributed by atoms with van der Waals surface area (Å²) in [5.41, 5.74) is 0.692. The summed E-state index contributed by atoms with van der Waals surface area (Å²) in [6.07, 6.45) is 1.49. The number of ketones is 1. The molecule has 3 rings (SSSR count). The normalized spacial score (nSPS) is 22.9. The summed E-state index contributed by atoms with van der Waals surface area (Å²) in [5.74, 6) is -0.431. The summed E-state index contributed by atoms with van der Waals surface area (Å²) in [5, 5.41) is 3.27. The number of aromatic nitrogens is 1. The highest BCUT2D eigenvalue weighted by Crippen LogP contribution is 2.38. The molecule has 130 valence electrons. The lowest BCUT2D eigenvalue weighted by molar-refractivity contribution is -0.129. The van der Waals surface area contributed by atoms with E-state index < -0.39 is 0 Å². The minimum absolute atomic E-state index is 0.0144. The van der Waals surface area contributed by atoms with Crippen LogP contribution in [-0.4, -0.2) is 40.1 Å². The predicted octanol–water partition coefficient (Wildman–Crippen LogP) is 2.49. The van der Waals surface area contributed by atoms with Gasteiger partial charge >= 0.3 is 0 Å². The number of Topliss-reactive ketones (excluding diaryl/α,β-unsaturated/α-hetero) is 1. The Hall–Kier alpha value is -1.76. The maximum absolute atomic E-state index is 12.4. The lowest BCUT2D eigenvalue weighted by Gasteiger charge is -2.26. The fourth-order valence-corrected chi connectivity index (χ4v) is 4.31. The first-order chi connectivity index (χ1) is 11.2. The van der Waals surface area contributed by atoms with Gasteiger partial charge in [0.15, 0.2) is 10.9 Å². The van der Waals surface area contributed by atoms with Gasteiger partial charge in [0.1, 0.15) is 0 Å². The molecule has 0 radical (unpaired) electrons. The van der Waals surface area contributed by atoms with E-state index in [1.54, 1.807) is 4.90 Å². The van der Waals surface area contributed by atoms with Gasteiger partial charge in [-0.05, 0) is 25.7 Å². The van der Waals surface area contributed by atoms with Crippen molar-refractivity contribution < 1.29 is 14.4 Å². The van der Waals surface area contributed by atoms with Crippen molar-refractivity contribution in [1.29, 1.82) is 0 Å². The van der Waals surface area contributed by atoms with Crippen molar-refractivity contribution in [2.45, 2.75) is 53.0 Å². The second-order valence-electron chi connectivity index (χ2n) is 7.77. The van der Waals surface area contributed by atoms with Crippen LogP contribution in [0.25, 0.3) is 0 Å². The van der Waals surface area contributed by atoms with Gasteiger partial charge in [-0.2, -0.15) is 0 Å². The molecule has 0 bridgehead atoms. The molecule has 1 aliphatic heterocycles. The molecule has 6 nitrogen and oxygen atoms in total. The fraction of sp³-hybridized carbons (Fsp3) is 0.647. The number of likely N-dealkylation sites (tertiary alicyclic amines) is 1. The van der Waals surface area contributed by atoms with Crippen LogP contribution in [0.4, 0.5) is 5.13 Å². The number of rotatable bonds is 3. The lowest BCUT2D eigenvalue weighted by Crippen LogP contribution is -2.33. The summed E-state index contributed by atoms with van der Waals surface area (Å²) in [7, 11) is 0. The first-order valence-electron chi connectivity index (χ1n) is 8.29. The van der Waals surface area contributed by atoms with Crippen molar-refractivity contribution in [3.05, 3.63) is 10.6 Å². The highest BCUT2D eigenvalue weighted by Gasteiger charge is 2.37. The van der Waals surface area contributed by atoms with Crippen molar-refractivity contribution in [3.8, 4) is 0 Å². The first kappa shape index (κ1) is 17.1. The second-order valence-corrected chi connectivity index (χ2v) is 8.76. The van der Waals surface area contributed by atoms with Crippen molar-refractivity contribution in [2.24, 2.45) is 11.3 Å². The number of anilines is 1. The van der Waals surface area contributed by atoms with Crippen LogP contribution < -0.4 is 5.32 Å². The SMILES string of the molecule is CC(C)N1C[C@@H](C(=O)Nc2nc3c(s2)C(=O)CC(C)(C)C3)CC1=O. The number of fused-ring (bicyclic) bond motifs is 1. The molecular formula is C17H23N3O3S. The standard InChI is InChI=1S/C17H23N3O3S/c1-9(2)20-8-10(5-13(20)22)15(23)19-16-18-11-6-17(3,4)7-12(21)14(11)24-16/h9-10H,5-8H2,1-4H3,(H,18,19,23)/t10-/m0/s1. The molecule has 0 spiro atoms. The van der Waals surface area contributed by atoms with E-state index in [9.17, 15) is 14.4 Å². The number of carbonyl (C=O) groups excluding carboxylic acids is 3. The second kappa shape index (κ2) is 5.95. The minimum Gasteiger partial charge on any atom is -0.339 e. The Bertz CT molecular complexity index is 708. The van der Waals surface area contributed by atoms with Crippen molar-refractivity contribution in [3.63, 3.8) is 0 Å². The Kier molecular flexibility index (Phi) is 4.23. The zero-order valence-corrected chi connectivity index (χ0v) is 15.3. The van der Waals surface area contributed by atoms with Gasteiger partial charge in [-0.1, -0.05) is 25.2 Å². The van der Waals surface area contributed by atoms with Crippen LogP contribution >= 0.6 is 11.3 Å². The summed E-state index contributed by atoms with van der Waals surface area (Å²) >= 11 is 1.25. The molecule has 0 unspecified atom stereocenters. The van der Waals surface area contributed by atoms with E-state index in [1.165, 1.54) is 11.3 Å². The van der Waals surface area contributed by atoms with Crippen LogP contribution in [0, 0.1) is 11.3 Å². The van der Waals surface area contributed by atoms with Gasteiger partial charge in [-0.3, -0.25) is 14.4 Å². The Labute approximate surface area is 145 Å². The molecule has 7 heteroatoms. The third kappa shape index (κ3) is 3.22. The van der Waals surface area contributed by atoms with Crippen molar-refractivity contribution >= 4 is 34.1 Å². The van der Waals surface area contributed by atoms with Crippen LogP contribution in [0.1, 0.15) is 55.9 Å². The zero-order chi connectivity index (χ0) is 17.6. The summed E-state index contributed by atoms with van der Waals surface area (Å²) in [6, 6.07) is 0.0994. The number of hydrogen-bond acceptors (Lipinski definition) is 5. The highest BCUT2D eigenvalue weighted by atomic mass is 32.1. The van der Waals surface area contributed by atoms with Gasteiger partial charge in [0.25, 0.3) is 0 Å². The molecular weight excluding hydrogens is 326 g/mol. The maximum Gasteiger partial charge on any atom is 0.231 e. The summed E-state index contributed by atoms with van der Waals surface area (Å²) < 4.78 is 0. The van der Waals surface area contributed by atoms with E-state index in [0.29, 0.717) is 23.0 Å². The molecule has 1 saturated heterocycles. The van der Waals surface area contributed by atoms with Gasteiger partial charge in [0, 0.05) is 25.4 Å². The number of thiazole rings is 1. The lowest BCUT2D eigenvalue weighted by atomic mass is 9.78. The maximum atomic E-state index is 12.4. The van der Waals surface area contributed by atoms with E-state index >= 15 is 0 Å². The van der Waals surface area contributed by atoms with Crippen LogP contribution in [0.5, 0.6) is 0 Å². The van der Waals surface area contributed by atoms with E-state index in [1.807, 2.05) is 13.8 Å². The van der Waals surface area contributed by atoms with Crippen LogP contribution in [0.3, 0.4) is 0 Å². The minimum atomic E-state index is -0.354. The number of nitrogens with zero attached hydrogens (tertiary/aromatic N) is 2. The van der Waals surface area contributed by atoms with Crippen LogP contribution in [0.2, 0.25) is 0 Å². The molecule has 24 heavy (non-hydrogen) atoms. The Balaban J connectivity index is 1.71. The fourth-order valence-electron chi connectivity index (χ4n) is 3.39. The Morgan fingerprint density at radius 3 is 2.67 bits per heavy atom. The van der Waals surface area contributed by atoms with E-state index in [4.69, 9.17) is 0 Å². The number of carbonyl (C=O) groups is 3. The molecule has 1 aliphatic carbocycles. The highest BCUT2D eigenvalue weighted by molar-refractivity contribution is 7.17. The molecule has 1 N–H and O–H groups in total. The van der Waals surface area contributed by atoms with Gasteiger partial charge in [0.05, 0.1) is 16.5 Å². The first-order valence-corrected chi connectivity index (χ1v) is 9.11. The van der Waals surface area contributed by atoms with E-state index in [2.05, 4.69) is 24.1 Å². The smallest absolute Gasteiger partial charge is 0.231 e. The Morgan fingerprint density at radius 2 is 2.04 bits per heavy atom. The molecule has 2 amide bonds. The third-order valence-corrected chi connectivity index (χ3v) is 5.67. The molecule has 1 aromatic rings. The largest absolute Gasteiger partial charge is 0.339 e. The molecule has 2 aliphatic rings. The zero-order valence-electron chi connectivity index (χ0n) is 14.5. The van der Waals surface area contributed by atoms with Crippen LogP contribution in [-0.2, 0) is 16.0 Å². The molecule has 1 atom stereocenters.